The van der Waals surface area contributed by atoms with Crippen LogP contribution in [-0.4, -0.2) is 16.6 Å². The Morgan fingerprint density at radius 2 is 1.83 bits per heavy atom. The number of thiocarbonyl (C=S) groups is 1. The van der Waals surface area contributed by atoms with Gasteiger partial charge in [0.15, 0.2) is 5.11 Å². The molecule has 0 bridgehead atoms. The molecule has 1 aromatic carbocycles. The molecule has 1 aliphatic carbocycles. The van der Waals surface area contributed by atoms with Crippen LogP contribution in [0.5, 0.6) is 0 Å². The van der Waals surface area contributed by atoms with E-state index in [9.17, 15) is 0 Å². The second kappa shape index (κ2) is 7.75. The lowest BCUT2D eigenvalue weighted by Gasteiger charge is -2.38. The van der Waals surface area contributed by atoms with Gasteiger partial charge in [0.25, 0.3) is 0 Å². The highest BCUT2D eigenvalue weighted by Gasteiger charge is 2.33. The van der Waals surface area contributed by atoms with Gasteiger partial charge in [-0.25, -0.2) is 4.98 Å². The van der Waals surface area contributed by atoms with E-state index in [-0.39, 0.29) is 5.41 Å². The standard InChI is InChI=1S/C20H25N3S/c1-16-10-11-18(21-14-16)23-19(24)22-15-20(12-6-3-7-13-20)17-8-4-2-5-9-17/h2,4-5,8-11,14H,3,6-7,12-13,15H2,1H3,(H2,21,22,23,24). The van der Waals surface area contributed by atoms with Crippen LogP contribution in [0.4, 0.5) is 5.82 Å². The van der Waals surface area contributed by atoms with Crippen molar-refractivity contribution in [2.45, 2.75) is 44.4 Å². The molecular formula is C20H25N3S. The zero-order valence-corrected chi connectivity index (χ0v) is 15.0. The minimum absolute atomic E-state index is 0.186. The van der Waals surface area contributed by atoms with Gasteiger partial charge < -0.3 is 10.6 Å². The van der Waals surface area contributed by atoms with Gasteiger partial charge in [0, 0.05) is 18.2 Å². The molecule has 1 aromatic heterocycles. The molecule has 3 rings (SSSR count). The summed E-state index contributed by atoms with van der Waals surface area (Å²) < 4.78 is 0. The predicted molar refractivity (Wildman–Crippen MR) is 104 cm³/mol. The lowest BCUT2D eigenvalue weighted by molar-refractivity contribution is 0.292. The maximum Gasteiger partial charge on any atom is 0.171 e. The molecule has 0 atom stereocenters. The Morgan fingerprint density at radius 3 is 2.50 bits per heavy atom. The molecule has 1 saturated carbocycles. The first-order chi connectivity index (χ1) is 11.7. The van der Waals surface area contributed by atoms with E-state index in [2.05, 4.69) is 45.9 Å². The van der Waals surface area contributed by atoms with Gasteiger partial charge in [-0.15, -0.1) is 0 Å². The molecule has 0 spiro atoms. The molecule has 3 nitrogen and oxygen atoms in total. The molecule has 24 heavy (non-hydrogen) atoms. The van der Waals surface area contributed by atoms with Crippen molar-refractivity contribution in [1.29, 1.82) is 0 Å². The van der Waals surface area contributed by atoms with Crippen molar-refractivity contribution in [1.82, 2.24) is 10.3 Å². The van der Waals surface area contributed by atoms with E-state index < -0.39 is 0 Å². The predicted octanol–water partition coefficient (Wildman–Crippen LogP) is 4.58. The van der Waals surface area contributed by atoms with Gasteiger partial charge in [0.05, 0.1) is 0 Å². The molecule has 1 heterocycles. The highest BCUT2D eigenvalue weighted by atomic mass is 32.1. The third kappa shape index (κ3) is 4.12. The number of nitrogens with one attached hydrogen (secondary N) is 2. The van der Waals surface area contributed by atoms with E-state index in [1.807, 2.05) is 25.3 Å². The van der Waals surface area contributed by atoms with Gasteiger partial charge in [-0.3, -0.25) is 0 Å². The highest BCUT2D eigenvalue weighted by Crippen LogP contribution is 2.38. The number of pyridine rings is 1. The fraction of sp³-hybridized carbons (Fsp3) is 0.400. The zero-order chi connectivity index (χ0) is 16.8. The maximum atomic E-state index is 5.47. The largest absolute Gasteiger partial charge is 0.362 e. The molecule has 4 heteroatoms. The fourth-order valence-corrected chi connectivity index (χ4v) is 3.72. The van der Waals surface area contributed by atoms with E-state index in [1.165, 1.54) is 37.7 Å². The summed E-state index contributed by atoms with van der Waals surface area (Å²) in [6, 6.07) is 14.9. The first-order valence-electron chi connectivity index (χ1n) is 8.71. The van der Waals surface area contributed by atoms with Crippen LogP contribution in [0.3, 0.4) is 0 Å². The summed E-state index contributed by atoms with van der Waals surface area (Å²) in [4.78, 5) is 4.35. The summed E-state index contributed by atoms with van der Waals surface area (Å²) in [5.41, 5.74) is 2.75. The number of benzene rings is 1. The van der Waals surface area contributed by atoms with E-state index in [0.717, 1.165) is 17.9 Å². The average Bonchev–Trinajstić information content (AvgIpc) is 2.63. The molecule has 1 fully saturated rings. The first-order valence-corrected chi connectivity index (χ1v) is 9.12. The van der Waals surface area contributed by atoms with E-state index in [4.69, 9.17) is 12.2 Å². The van der Waals surface area contributed by atoms with E-state index in [0.29, 0.717) is 5.11 Å². The van der Waals surface area contributed by atoms with Crippen LogP contribution in [0.25, 0.3) is 0 Å². The van der Waals surface area contributed by atoms with Gasteiger partial charge >= 0.3 is 0 Å². The molecule has 2 aromatic rings. The van der Waals surface area contributed by atoms with Crippen LogP contribution in [0.15, 0.2) is 48.7 Å². The second-order valence-corrected chi connectivity index (χ2v) is 7.14. The lowest BCUT2D eigenvalue weighted by Crippen LogP contribution is -2.43. The van der Waals surface area contributed by atoms with Crippen molar-refractivity contribution in [3.05, 3.63) is 59.8 Å². The molecule has 0 aliphatic heterocycles. The third-order valence-corrected chi connectivity index (χ3v) is 5.18. The van der Waals surface area contributed by atoms with Crippen LogP contribution in [0, 0.1) is 6.92 Å². The Hall–Kier alpha value is -1.94. The van der Waals surface area contributed by atoms with Crippen molar-refractivity contribution in [2.24, 2.45) is 0 Å². The summed E-state index contributed by atoms with van der Waals surface area (Å²) >= 11 is 5.47. The number of hydrogen-bond donors (Lipinski definition) is 2. The van der Waals surface area contributed by atoms with Gasteiger partial charge in [-0.2, -0.15) is 0 Å². The Labute approximate surface area is 149 Å². The molecule has 1 aliphatic rings. The molecule has 0 radical (unpaired) electrons. The monoisotopic (exact) mass is 339 g/mol. The quantitative estimate of drug-likeness (QED) is 0.800. The number of hydrogen-bond acceptors (Lipinski definition) is 2. The number of rotatable bonds is 4. The number of aromatic nitrogens is 1. The van der Waals surface area contributed by atoms with Crippen LogP contribution in [-0.2, 0) is 5.41 Å². The van der Waals surface area contributed by atoms with Gasteiger partial charge in [0.1, 0.15) is 5.82 Å². The Morgan fingerprint density at radius 1 is 1.08 bits per heavy atom. The topological polar surface area (TPSA) is 37.0 Å². The first kappa shape index (κ1) is 16.9. The van der Waals surface area contributed by atoms with Gasteiger partial charge in [-0.1, -0.05) is 55.7 Å². The number of aryl methyl sites for hydroxylation is 1. The minimum Gasteiger partial charge on any atom is -0.362 e. The SMILES string of the molecule is Cc1ccc(NC(=S)NCC2(c3ccccc3)CCCCC2)nc1. The molecule has 126 valence electrons. The van der Waals surface area contributed by atoms with Crippen LogP contribution in [0.1, 0.15) is 43.2 Å². The Balaban J connectivity index is 1.65. The second-order valence-electron chi connectivity index (χ2n) is 6.74. The molecule has 2 N–H and O–H groups in total. The Bertz CT molecular complexity index is 661. The summed E-state index contributed by atoms with van der Waals surface area (Å²) in [5, 5.41) is 7.27. The van der Waals surface area contributed by atoms with Crippen molar-refractivity contribution in [2.75, 3.05) is 11.9 Å². The summed E-state index contributed by atoms with van der Waals surface area (Å²) in [5.74, 6) is 0.788. The number of anilines is 1. The van der Waals surface area contributed by atoms with Crippen molar-refractivity contribution >= 4 is 23.1 Å². The smallest absolute Gasteiger partial charge is 0.171 e. The van der Waals surface area contributed by atoms with Crippen molar-refractivity contribution in [3.8, 4) is 0 Å². The van der Waals surface area contributed by atoms with Gasteiger partial charge in [-0.05, 0) is 49.2 Å². The van der Waals surface area contributed by atoms with Crippen LogP contribution < -0.4 is 10.6 Å². The molecule has 0 amide bonds. The molecule has 0 unspecified atom stereocenters. The molecule has 0 saturated heterocycles. The summed E-state index contributed by atoms with van der Waals surface area (Å²) in [6.45, 7) is 2.90. The average molecular weight is 340 g/mol. The summed E-state index contributed by atoms with van der Waals surface area (Å²) in [6.07, 6.45) is 8.19. The van der Waals surface area contributed by atoms with Crippen molar-refractivity contribution in [3.63, 3.8) is 0 Å². The summed E-state index contributed by atoms with van der Waals surface area (Å²) in [7, 11) is 0. The van der Waals surface area contributed by atoms with Crippen LogP contribution >= 0.6 is 12.2 Å². The lowest BCUT2D eigenvalue weighted by atomic mass is 9.69. The zero-order valence-electron chi connectivity index (χ0n) is 14.2. The van der Waals surface area contributed by atoms with Crippen LogP contribution in [0.2, 0.25) is 0 Å². The maximum absolute atomic E-state index is 5.47. The molecular weight excluding hydrogens is 314 g/mol. The Kier molecular flexibility index (Phi) is 5.46. The third-order valence-electron chi connectivity index (χ3n) is 4.94. The fourth-order valence-electron chi connectivity index (χ4n) is 3.54. The normalized spacial score (nSPS) is 16.4. The van der Waals surface area contributed by atoms with E-state index in [1.54, 1.807) is 0 Å². The van der Waals surface area contributed by atoms with Crippen molar-refractivity contribution < 1.29 is 0 Å². The van der Waals surface area contributed by atoms with Gasteiger partial charge in [0.2, 0.25) is 0 Å². The number of nitrogens with zero attached hydrogens (tertiary/aromatic N) is 1. The minimum atomic E-state index is 0.186. The van der Waals surface area contributed by atoms with E-state index >= 15 is 0 Å². The highest BCUT2D eigenvalue weighted by molar-refractivity contribution is 7.80.